The molecule has 1 unspecified atom stereocenters. The average Bonchev–Trinajstić information content (AvgIpc) is 3.45. The average molecular weight is 526 g/mol. The molecule has 4 aromatic rings. The van der Waals surface area contributed by atoms with Crippen LogP contribution in [0.15, 0.2) is 66.0 Å². The first-order chi connectivity index (χ1) is 17.6. The van der Waals surface area contributed by atoms with E-state index in [0.717, 1.165) is 33.5 Å². The van der Waals surface area contributed by atoms with E-state index in [1.165, 1.54) is 12.1 Å². The number of carbonyl (C=O) groups is 2. The second-order valence-corrected chi connectivity index (χ2v) is 10.4. The molecule has 0 N–H and O–H groups in total. The highest BCUT2D eigenvalue weighted by molar-refractivity contribution is 7.16. The molecule has 9 heteroatoms. The van der Waals surface area contributed by atoms with Crippen molar-refractivity contribution >= 4 is 33.4 Å². The maximum absolute atomic E-state index is 13.7. The van der Waals surface area contributed by atoms with Crippen LogP contribution in [0.2, 0.25) is 0 Å². The van der Waals surface area contributed by atoms with Crippen molar-refractivity contribution in [2.45, 2.75) is 32.6 Å². The molecule has 1 aliphatic heterocycles. The van der Waals surface area contributed by atoms with Gasteiger partial charge in [0, 0.05) is 43.2 Å². The van der Waals surface area contributed by atoms with Gasteiger partial charge in [0.2, 0.25) is 0 Å². The van der Waals surface area contributed by atoms with E-state index >= 15 is 0 Å². The van der Waals surface area contributed by atoms with Crippen LogP contribution in [0, 0.1) is 6.92 Å². The van der Waals surface area contributed by atoms with Gasteiger partial charge >= 0.3 is 6.18 Å². The summed E-state index contributed by atoms with van der Waals surface area (Å²) in [5.74, 6) is -0.429. The number of amides is 2. The fourth-order valence-electron chi connectivity index (χ4n) is 4.88. The quantitative estimate of drug-likeness (QED) is 0.325. The van der Waals surface area contributed by atoms with Crippen LogP contribution in [-0.4, -0.2) is 51.9 Å². The van der Waals surface area contributed by atoms with Crippen LogP contribution < -0.4 is 0 Å². The number of aromatic nitrogens is 1. The first kappa shape index (κ1) is 25.1. The Kier molecular flexibility index (Phi) is 6.58. The van der Waals surface area contributed by atoms with Crippen molar-refractivity contribution in [3.8, 4) is 0 Å². The summed E-state index contributed by atoms with van der Waals surface area (Å²) in [6.45, 7) is 5.46. The number of hydrogen-bond donors (Lipinski definition) is 0. The highest BCUT2D eigenvalue weighted by Crippen LogP contribution is 2.30. The highest BCUT2D eigenvalue weighted by Gasteiger charge is 2.33. The van der Waals surface area contributed by atoms with E-state index in [-0.39, 0.29) is 23.4 Å². The fraction of sp³-hybridized carbons (Fsp3) is 0.286. The third-order valence-corrected chi connectivity index (χ3v) is 7.73. The van der Waals surface area contributed by atoms with Crippen LogP contribution in [0.5, 0.6) is 0 Å². The Labute approximate surface area is 216 Å². The number of carbonyl (C=O) groups excluding carboxylic acids is 2. The molecule has 2 aromatic carbocycles. The van der Waals surface area contributed by atoms with Gasteiger partial charge in [0.25, 0.3) is 11.8 Å². The molecule has 0 saturated carbocycles. The number of hydrogen-bond acceptors (Lipinski definition) is 3. The van der Waals surface area contributed by atoms with Gasteiger partial charge in [0.05, 0.1) is 5.56 Å². The van der Waals surface area contributed by atoms with Gasteiger partial charge in [-0.25, -0.2) is 0 Å². The molecule has 1 atom stereocenters. The molecular formula is C28H26F3N3O2S. The van der Waals surface area contributed by atoms with Gasteiger partial charge in [-0.05, 0) is 61.2 Å². The van der Waals surface area contributed by atoms with Crippen molar-refractivity contribution in [2.24, 2.45) is 0 Å². The van der Waals surface area contributed by atoms with E-state index in [9.17, 15) is 22.8 Å². The first-order valence-electron chi connectivity index (χ1n) is 12.0. The lowest BCUT2D eigenvalue weighted by molar-refractivity contribution is -0.137. The zero-order valence-corrected chi connectivity index (χ0v) is 21.3. The molecule has 5 nitrogen and oxygen atoms in total. The van der Waals surface area contributed by atoms with Gasteiger partial charge in [0.1, 0.15) is 10.5 Å². The number of aryl methyl sites for hydroxylation is 1. The summed E-state index contributed by atoms with van der Waals surface area (Å²) in [6.07, 6.45) is -4.45. The number of thiophene rings is 1. The van der Waals surface area contributed by atoms with E-state index in [0.29, 0.717) is 31.9 Å². The Morgan fingerprint density at radius 2 is 1.76 bits per heavy atom. The lowest BCUT2D eigenvalue weighted by Gasteiger charge is -2.40. The van der Waals surface area contributed by atoms with E-state index in [2.05, 4.69) is 10.6 Å². The van der Waals surface area contributed by atoms with E-state index in [1.807, 2.05) is 49.6 Å². The number of halogens is 3. The molecule has 0 spiro atoms. The summed E-state index contributed by atoms with van der Waals surface area (Å²) < 4.78 is 40.7. The number of alkyl halides is 3. The van der Waals surface area contributed by atoms with Crippen molar-refractivity contribution in [3.63, 3.8) is 0 Å². The van der Waals surface area contributed by atoms with Crippen molar-refractivity contribution in [3.05, 3.63) is 94.0 Å². The summed E-state index contributed by atoms with van der Waals surface area (Å²) in [5, 5.41) is 3.03. The van der Waals surface area contributed by atoms with Crippen LogP contribution in [0.4, 0.5) is 13.2 Å². The van der Waals surface area contributed by atoms with Gasteiger partial charge in [-0.1, -0.05) is 29.8 Å². The molecule has 1 aliphatic rings. The molecule has 3 heterocycles. The van der Waals surface area contributed by atoms with Crippen LogP contribution in [0.3, 0.4) is 0 Å². The molecule has 1 fully saturated rings. The van der Waals surface area contributed by atoms with Crippen LogP contribution in [0.1, 0.15) is 44.5 Å². The third-order valence-electron chi connectivity index (χ3n) is 6.78. The predicted molar refractivity (Wildman–Crippen MR) is 138 cm³/mol. The normalized spacial score (nSPS) is 16.4. The molecule has 5 rings (SSSR count). The standard InChI is InChI=1S/C28H26F3N3O2S/c1-18-4-3-5-20(14-18)17-34-24(15-22-10-13-37-27(22)34)26(36)32-11-12-33(19(2)16-32)25(35)21-6-8-23(9-7-21)28(29,30)31/h3-10,13-15,19H,11-12,16-17H2,1-2H3. The van der Waals surface area contributed by atoms with Gasteiger partial charge in [-0.2, -0.15) is 13.2 Å². The molecule has 2 amide bonds. The van der Waals surface area contributed by atoms with E-state index in [1.54, 1.807) is 21.1 Å². The Hall–Kier alpha value is -3.59. The largest absolute Gasteiger partial charge is 0.416 e. The van der Waals surface area contributed by atoms with Gasteiger partial charge in [-0.15, -0.1) is 11.3 Å². The topological polar surface area (TPSA) is 45.6 Å². The van der Waals surface area contributed by atoms with Gasteiger partial charge in [-0.3, -0.25) is 9.59 Å². The molecular weight excluding hydrogens is 499 g/mol. The minimum Gasteiger partial charge on any atom is -0.334 e. The molecule has 192 valence electrons. The van der Waals surface area contributed by atoms with Crippen LogP contribution >= 0.6 is 11.3 Å². The van der Waals surface area contributed by atoms with Crippen molar-refractivity contribution < 1.29 is 22.8 Å². The summed E-state index contributed by atoms with van der Waals surface area (Å²) >= 11 is 1.60. The number of piperazine rings is 1. The number of nitrogens with zero attached hydrogens (tertiary/aromatic N) is 3. The smallest absolute Gasteiger partial charge is 0.334 e. The Bertz CT molecular complexity index is 1460. The van der Waals surface area contributed by atoms with E-state index in [4.69, 9.17) is 0 Å². The fourth-order valence-corrected chi connectivity index (χ4v) is 5.77. The number of rotatable bonds is 4. The van der Waals surface area contributed by atoms with Crippen molar-refractivity contribution in [2.75, 3.05) is 19.6 Å². The first-order valence-corrected chi connectivity index (χ1v) is 12.9. The lowest BCUT2D eigenvalue weighted by atomic mass is 10.1. The highest BCUT2D eigenvalue weighted by atomic mass is 32.1. The zero-order valence-electron chi connectivity index (χ0n) is 20.5. The Morgan fingerprint density at radius 1 is 1.00 bits per heavy atom. The van der Waals surface area contributed by atoms with Gasteiger partial charge in [0.15, 0.2) is 0 Å². The molecule has 37 heavy (non-hydrogen) atoms. The van der Waals surface area contributed by atoms with Gasteiger partial charge < -0.3 is 14.4 Å². The molecule has 0 bridgehead atoms. The second-order valence-electron chi connectivity index (χ2n) is 9.46. The summed E-state index contributed by atoms with van der Waals surface area (Å²) in [7, 11) is 0. The van der Waals surface area contributed by atoms with Crippen molar-refractivity contribution in [1.29, 1.82) is 0 Å². The minimum absolute atomic E-state index is 0.0930. The third kappa shape index (κ3) is 5.00. The van der Waals surface area contributed by atoms with E-state index < -0.39 is 11.7 Å². The summed E-state index contributed by atoms with van der Waals surface area (Å²) in [6, 6.07) is 16.1. The molecule has 2 aromatic heterocycles. The number of fused-ring (bicyclic) bond motifs is 1. The molecule has 1 saturated heterocycles. The molecule has 0 radical (unpaired) electrons. The maximum Gasteiger partial charge on any atom is 0.416 e. The minimum atomic E-state index is -4.45. The Balaban J connectivity index is 1.33. The lowest BCUT2D eigenvalue weighted by Crippen LogP contribution is -2.55. The Morgan fingerprint density at radius 3 is 2.43 bits per heavy atom. The van der Waals surface area contributed by atoms with Crippen molar-refractivity contribution in [1.82, 2.24) is 14.4 Å². The molecule has 0 aliphatic carbocycles. The number of benzene rings is 2. The maximum atomic E-state index is 13.7. The predicted octanol–water partition coefficient (Wildman–Crippen LogP) is 6.07. The summed E-state index contributed by atoms with van der Waals surface area (Å²) in [4.78, 5) is 31.1. The van der Waals surface area contributed by atoms with Crippen LogP contribution in [0.25, 0.3) is 10.2 Å². The van der Waals surface area contributed by atoms with Crippen LogP contribution in [-0.2, 0) is 12.7 Å². The summed E-state index contributed by atoms with van der Waals surface area (Å²) in [5.41, 5.74) is 2.29. The monoisotopic (exact) mass is 525 g/mol. The SMILES string of the molecule is Cc1cccc(Cn2c(C(=O)N3CCN(C(=O)c4ccc(C(F)(F)F)cc4)C(C)C3)cc3ccsc32)c1. The zero-order chi connectivity index (χ0) is 26.3. The second kappa shape index (κ2) is 9.70.